The second-order valence-corrected chi connectivity index (χ2v) is 1.95. The van der Waals surface area contributed by atoms with E-state index in [-0.39, 0.29) is 5.91 Å². The van der Waals surface area contributed by atoms with Crippen molar-refractivity contribution in [2.75, 3.05) is 0 Å². The van der Waals surface area contributed by atoms with E-state index in [1.165, 1.54) is 0 Å². The first-order valence-corrected chi connectivity index (χ1v) is 3.28. The fraction of sp³-hybridized carbons (Fsp3) is 0.375. The second kappa shape index (κ2) is 4.79. The van der Waals surface area contributed by atoms with Gasteiger partial charge in [-0.2, -0.15) is 0 Å². The zero-order valence-electron chi connectivity index (χ0n) is 6.42. The van der Waals surface area contributed by atoms with Crippen LogP contribution >= 0.6 is 0 Å². The Morgan fingerprint density at radius 3 is 2.40 bits per heavy atom. The van der Waals surface area contributed by atoms with Crippen molar-refractivity contribution < 1.29 is 4.79 Å². The minimum absolute atomic E-state index is 0.333. The predicted molar refractivity (Wildman–Crippen MR) is 42.4 cm³/mol. The molecule has 10 heavy (non-hydrogen) atoms. The van der Waals surface area contributed by atoms with Gasteiger partial charge in [-0.15, -0.1) is 0 Å². The maximum atomic E-state index is 10.6. The molecule has 0 aromatic carbocycles. The molecular formula is C8H13NO. The van der Waals surface area contributed by atoms with E-state index in [0.717, 1.165) is 0 Å². The first kappa shape index (κ1) is 8.95. The molecule has 0 aromatic rings. The lowest BCUT2D eigenvalue weighted by Gasteiger charge is -1.94. The summed E-state index contributed by atoms with van der Waals surface area (Å²) in [4.78, 5) is 10.6. The highest BCUT2D eigenvalue weighted by Gasteiger charge is 1.98. The largest absolute Gasteiger partial charge is 0.366 e. The van der Waals surface area contributed by atoms with E-state index in [4.69, 9.17) is 5.73 Å². The predicted octanol–water partition coefficient (Wildman–Crippen LogP) is 1.38. The number of hydrogen-bond donors (Lipinski definition) is 1. The molecule has 56 valence electrons. The van der Waals surface area contributed by atoms with Gasteiger partial charge in [0.1, 0.15) is 0 Å². The smallest absolute Gasteiger partial charge is 0.244 e. The summed E-state index contributed by atoms with van der Waals surface area (Å²) in [5.41, 5.74) is 5.71. The van der Waals surface area contributed by atoms with E-state index in [0.29, 0.717) is 12.0 Å². The van der Waals surface area contributed by atoms with Gasteiger partial charge in [0.15, 0.2) is 0 Å². The first-order chi connectivity index (χ1) is 4.72. The molecule has 0 atom stereocenters. The van der Waals surface area contributed by atoms with Gasteiger partial charge in [0.25, 0.3) is 0 Å². The minimum atomic E-state index is -0.333. The summed E-state index contributed by atoms with van der Waals surface area (Å²) in [6.45, 7) is 3.72. The molecule has 0 aliphatic rings. The number of carbonyl (C=O) groups excluding carboxylic acids is 1. The van der Waals surface area contributed by atoms with Crippen LogP contribution in [0.25, 0.3) is 0 Å². The van der Waals surface area contributed by atoms with Crippen LogP contribution in [0.3, 0.4) is 0 Å². The lowest BCUT2D eigenvalue weighted by atomic mass is 10.1. The van der Waals surface area contributed by atoms with Crippen LogP contribution in [0.4, 0.5) is 0 Å². The fourth-order valence-corrected chi connectivity index (χ4v) is 0.606. The number of amides is 1. The number of carbonyl (C=O) groups is 1. The van der Waals surface area contributed by atoms with E-state index < -0.39 is 0 Å². The highest BCUT2D eigenvalue weighted by atomic mass is 16.1. The van der Waals surface area contributed by atoms with Gasteiger partial charge in [-0.3, -0.25) is 4.79 Å². The Kier molecular flexibility index (Phi) is 4.29. The van der Waals surface area contributed by atoms with E-state index in [9.17, 15) is 4.79 Å². The van der Waals surface area contributed by atoms with Gasteiger partial charge in [0, 0.05) is 5.57 Å². The monoisotopic (exact) mass is 139 g/mol. The summed E-state index contributed by atoms with van der Waals surface area (Å²) in [7, 11) is 0. The van der Waals surface area contributed by atoms with Crippen molar-refractivity contribution in [1.82, 2.24) is 0 Å². The summed E-state index contributed by atoms with van der Waals surface area (Å²) in [5, 5.41) is 0. The van der Waals surface area contributed by atoms with Gasteiger partial charge in [-0.25, -0.2) is 0 Å². The third-order valence-corrected chi connectivity index (χ3v) is 1.24. The Bertz CT molecular complexity index is 168. The van der Waals surface area contributed by atoms with Crippen molar-refractivity contribution in [3.63, 3.8) is 0 Å². The molecule has 1 amide bonds. The molecular weight excluding hydrogens is 126 g/mol. The average molecular weight is 139 g/mol. The van der Waals surface area contributed by atoms with Crippen molar-refractivity contribution >= 4 is 5.91 Å². The van der Waals surface area contributed by atoms with E-state index in [1.54, 1.807) is 6.08 Å². The molecule has 0 spiro atoms. The number of rotatable bonds is 3. The van der Waals surface area contributed by atoms with Gasteiger partial charge in [0.2, 0.25) is 5.91 Å². The standard InChI is InChI=1S/C8H13NO/c1-3-5-6-7(4-2)8(9)10/h3-5H,6H2,1-2H3,(H2,9,10)/b5-3-,7-4+. The molecule has 0 radical (unpaired) electrons. The number of primary amides is 1. The van der Waals surface area contributed by atoms with Crippen LogP contribution in [-0.2, 0) is 4.79 Å². The summed E-state index contributed by atoms with van der Waals surface area (Å²) < 4.78 is 0. The molecule has 0 rings (SSSR count). The first-order valence-electron chi connectivity index (χ1n) is 3.28. The molecule has 0 aliphatic carbocycles. The van der Waals surface area contributed by atoms with E-state index >= 15 is 0 Å². The zero-order valence-corrected chi connectivity index (χ0v) is 6.42. The van der Waals surface area contributed by atoms with Crippen molar-refractivity contribution in [2.24, 2.45) is 5.73 Å². The maximum Gasteiger partial charge on any atom is 0.244 e. The van der Waals surface area contributed by atoms with Gasteiger partial charge >= 0.3 is 0 Å². The summed E-state index contributed by atoms with van der Waals surface area (Å²) >= 11 is 0. The molecule has 0 aromatic heterocycles. The molecule has 2 N–H and O–H groups in total. The molecule has 0 aliphatic heterocycles. The van der Waals surface area contributed by atoms with Crippen molar-refractivity contribution in [3.8, 4) is 0 Å². The zero-order chi connectivity index (χ0) is 7.98. The molecule has 0 unspecified atom stereocenters. The van der Waals surface area contributed by atoms with Gasteiger partial charge in [-0.05, 0) is 20.3 Å². The lowest BCUT2D eigenvalue weighted by molar-refractivity contribution is -0.114. The Labute approximate surface area is 61.4 Å². The van der Waals surface area contributed by atoms with Gasteiger partial charge in [0.05, 0.1) is 0 Å². The third kappa shape index (κ3) is 3.07. The fourth-order valence-electron chi connectivity index (χ4n) is 0.606. The molecule has 0 fully saturated rings. The summed E-state index contributed by atoms with van der Waals surface area (Å²) in [6, 6.07) is 0. The van der Waals surface area contributed by atoms with Crippen molar-refractivity contribution in [3.05, 3.63) is 23.8 Å². The van der Waals surface area contributed by atoms with E-state index in [1.807, 2.05) is 26.0 Å². The van der Waals surface area contributed by atoms with Gasteiger partial charge in [-0.1, -0.05) is 18.2 Å². The summed E-state index contributed by atoms with van der Waals surface area (Å²) in [5.74, 6) is -0.333. The van der Waals surface area contributed by atoms with Gasteiger partial charge < -0.3 is 5.73 Å². The average Bonchev–Trinajstić information content (AvgIpc) is 1.89. The van der Waals surface area contributed by atoms with Crippen LogP contribution < -0.4 is 5.73 Å². The van der Waals surface area contributed by atoms with Crippen LogP contribution in [0.1, 0.15) is 20.3 Å². The topological polar surface area (TPSA) is 43.1 Å². The Morgan fingerprint density at radius 1 is 1.50 bits per heavy atom. The molecule has 0 bridgehead atoms. The van der Waals surface area contributed by atoms with Crippen molar-refractivity contribution in [2.45, 2.75) is 20.3 Å². The molecule has 0 saturated heterocycles. The normalized spacial score (nSPS) is 12.4. The van der Waals surface area contributed by atoms with Crippen LogP contribution in [0, 0.1) is 0 Å². The Hall–Kier alpha value is -1.05. The van der Waals surface area contributed by atoms with Crippen LogP contribution in [0.2, 0.25) is 0 Å². The Balaban J connectivity index is 3.99. The SMILES string of the molecule is C/C=C\C/C(=C\C)C(N)=O. The Morgan fingerprint density at radius 2 is 2.10 bits per heavy atom. The third-order valence-electron chi connectivity index (χ3n) is 1.24. The lowest BCUT2D eigenvalue weighted by Crippen LogP contribution is -2.13. The van der Waals surface area contributed by atoms with E-state index in [2.05, 4.69) is 0 Å². The quantitative estimate of drug-likeness (QED) is 0.466. The summed E-state index contributed by atoms with van der Waals surface area (Å²) in [6.07, 6.45) is 6.18. The number of allylic oxidation sites excluding steroid dienone is 3. The molecule has 0 heterocycles. The van der Waals surface area contributed by atoms with Crippen LogP contribution in [0.5, 0.6) is 0 Å². The van der Waals surface area contributed by atoms with Crippen molar-refractivity contribution in [1.29, 1.82) is 0 Å². The molecule has 2 heteroatoms. The number of nitrogens with two attached hydrogens (primary N) is 1. The minimum Gasteiger partial charge on any atom is -0.366 e. The molecule has 0 saturated carbocycles. The number of hydrogen-bond acceptors (Lipinski definition) is 1. The highest BCUT2D eigenvalue weighted by Crippen LogP contribution is 2.00. The highest BCUT2D eigenvalue weighted by molar-refractivity contribution is 5.92. The van der Waals surface area contributed by atoms with Crippen LogP contribution in [-0.4, -0.2) is 5.91 Å². The van der Waals surface area contributed by atoms with Crippen LogP contribution in [0.15, 0.2) is 23.8 Å². The maximum absolute atomic E-state index is 10.6. The molecule has 2 nitrogen and oxygen atoms in total. The second-order valence-electron chi connectivity index (χ2n) is 1.95.